The van der Waals surface area contributed by atoms with E-state index >= 15 is 0 Å². The first kappa shape index (κ1) is 30.0. The van der Waals surface area contributed by atoms with Crippen molar-refractivity contribution in [3.63, 3.8) is 0 Å². The lowest BCUT2D eigenvalue weighted by Gasteiger charge is -2.36. The molecule has 0 radical (unpaired) electrons. The molecule has 1 fully saturated rings. The van der Waals surface area contributed by atoms with Crippen LogP contribution in [0.15, 0.2) is 72.8 Å². The maximum atomic E-state index is 14.6. The molecule has 2 aliphatic heterocycles. The molecule has 10 heteroatoms. The molecule has 0 saturated carbocycles. The molecule has 2 aliphatic rings. The van der Waals surface area contributed by atoms with Crippen LogP contribution in [0.4, 0.5) is 5.69 Å². The van der Waals surface area contributed by atoms with E-state index in [1.807, 2.05) is 35.2 Å². The Morgan fingerprint density at radius 2 is 1.64 bits per heavy atom. The summed E-state index contributed by atoms with van der Waals surface area (Å²) < 4.78 is 21.5. The Labute approximate surface area is 254 Å². The van der Waals surface area contributed by atoms with E-state index in [1.54, 1.807) is 37.3 Å². The minimum absolute atomic E-state index is 0.0208. The van der Waals surface area contributed by atoms with E-state index in [2.05, 4.69) is 6.07 Å². The summed E-state index contributed by atoms with van der Waals surface area (Å²) in [4.78, 5) is 53.7. The summed E-state index contributed by atoms with van der Waals surface area (Å²) in [6.07, 6.45) is 3.60. The van der Waals surface area contributed by atoms with Crippen LogP contribution in [0, 0.1) is 16.7 Å². The number of carbonyl (C=O) groups is 4. The number of ketones is 1. The van der Waals surface area contributed by atoms with Gasteiger partial charge in [-0.15, -0.1) is 0 Å². The van der Waals surface area contributed by atoms with Crippen LogP contribution in [0.25, 0.3) is 6.08 Å². The molecular weight excluding hydrogens is 564 g/mol. The number of nitriles is 1. The maximum Gasteiger partial charge on any atom is 0.329 e. The number of anilines is 1. The van der Waals surface area contributed by atoms with Crippen LogP contribution in [0.5, 0.6) is 17.2 Å². The van der Waals surface area contributed by atoms with Crippen LogP contribution in [0.2, 0.25) is 0 Å². The monoisotopic (exact) mass is 594 g/mol. The molecule has 3 aromatic rings. The number of Topliss-reactive ketones (excluding diaryl/α,β-unsaturated/α-hetero) is 1. The van der Waals surface area contributed by atoms with E-state index in [0.29, 0.717) is 11.3 Å². The number of benzene rings is 3. The lowest BCUT2D eigenvalue weighted by molar-refractivity contribution is -0.152. The third-order valence-electron chi connectivity index (χ3n) is 7.81. The molecule has 44 heavy (non-hydrogen) atoms. The number of fused-ring (bicyclic) bond motifs is 3. The molecular formula is C34H30N2O8. The minimum Gasteiger partial charge on any atom is -0.493 e. The van der Waals surface area contributed by atoms with Gasteiger partial charge in [0.1, 0.15) is 11.8 Å². The van der Waals surface area contributed by atoms with Gasteiger partial charge in [0.25, 0.3) is 0 Å². The van der Waals surface area contributed by atoms with Gasteiger partial charge in [-0.25, -0.2) is 0 Å². The van der Waals surface area contributed by atoms with Crippen molar-refractivity contribution in [2.45, 2.75) is 38.8 Å². The van der Waals surface area contributed by atoms with Gasteiger partial charge >= 0.3 is 17.9 Å². The quantitative estimate of drug-likeness (QED) is 0.202. The number of rotatable bonds is 8. The summed E-state index contributed by atoms with van der Waals surface area (Å²) in [5, 5.41) is 11.0. The van der Waals surface area contributed by atoms with Crippen molar-refractivity contribution in [3.8, 4) is 23.3 Å². The van der Waals surface area contributed by atoms with Gasteiger partial charge in [-0.3, -0.25) is 19.2 Å². The molecule has 0 bridgehead atoms. The van der Waals surface area contributed by atoms with Crippen molar-refractivity contribution in [3.05, 3.63) is 89.5 Å². The molecule has 0 unspecified atom stereocenters. The summed E-state index contributed by atoms with van der Waals surface area (Å²) in [5.74, 6) is -2.66. The van der Waals surface area contributed by atoms with Crippen molar-refractivity contribution >= 4 is 35.5 Å². The van der Waals surface area contributed by atoms with Crippen molar-refractivity contribution in [2.75, 3.05) is 18.6 Å². The molecule has 10 nitrogen and oxygen atoms in total. The smallest absolute Gasteiger partial charge is 0.329 e. The number of carbonyl (C=O) groups excluding carboxylic acids is 4. The lowest BCUT2D eigenvalue weighted by atomic mass is 9.68. The van der Waals surface area contributed by atoms with E-state index < -0.39 is 41.3 Å². The van der Waals surface area contributed by atoms with E-state index in [9.17, 15) is 24.4 Å². The molecule has 0 aliphatic carbocycles. The first-order valence-electron chi connectivity index (χ1n) is 14.0. The summed E-state index contributed by atoms with van der Waals surface area (Å²) >= 11 is 0. The molecule has 3 aromatic carbocycles. The number of hydrogen-bond donors (Lipinski definition) is 0. The highest BCUT2D eigenvalue weighted by molar-refractivity contribution is 6.06. The molecule has 5 rings (SSSR count). The van der Waals surface area contributed by atoms with Crippen LogP contribution >= 0.6 is 0 Å². The van der Waals surface area contributed by atoms with Crippen molar-refractivity contribution < 1.29 is 38.1 Å². The molecule has 0 aromatic heterocycles. The standard InChI is InChI=1S/C34H30N2O8/c1-5-42-33(40)34(19-35)29-17-13-22-8-6-7-9-26(22)36(29)31(32(39)23-10-14-25(15-11-23)43-20(2)37)30(34)24-12-16-27(44-21(3)38)28(18-24)41-4/h6-18,29-31H,5H2,1-4H3/t29-,30-,31+,34+/m1/s1. The fraction of sp³-hybridized carbons (Fsp3) is 0.265. The first-order valence-corrected chi connectivity index (χ1v) is 14.0. The highest BCUT2D eigenvalue weighted by Gasteiger charge is 2.67. The zero-order valence-corrected chi connectivity index (χ0v) is 24.6. The van der Waals surface area contributed by atoms with Crippen LogP contribution in [-0.4, -0.2) is 49.5 Å². The highest BCUT2D eigenvalue weighted by atomic mass is 16.6. The Balaban J connectivity index is 1.76. The number of nitrogens with zero attached hydrogens (tertiary/aromatic N) is 2. The summed E-state index contributed by atoms with van der Waals surface area (Å²) in [6.45, 7) is 4.21. The summed E-state index contributed by atoms with van der Waals surface area (Å²) in [5.41, 5.74) is 0.326. The topological polar surface area (TPSA) is 132 Å². The van der Waals surface area contributed by atoms with E-state index in [-0.39, 0.29) is 35.2 Å². The van der Waals surface area contributed by atoms with Gasteiger partial charge in [-0.1, -0.05) is 36.4 Å². The minimum atomic E-state index is -1.87. The Hall–Kier alpha value is -5.43. The van der Waals surface area contributed by atoms with Gasteiger partial charge in [-0.2, -0.15) is 5.26 Å². The third kappa shape index (κ3) is 5.07. The zero-order chi connectivity index (χ0) is 31.6. The van der Waals surface area contributed by atoms with Gasteiger partial charge in [0.2, 0.25) is 0 Å². The maximum absolute atomic E-state index is 14.6. The van der Waals surface area contributed by atoms with Gasteiger partial charge in [0.05, 0.1) is 25.8 Å². The third-order valence-corrected chi connectivity index (χ3v) is 7.81. The number of para-hydroxylation sites is 1. The fourth-order valence-electron chi connectivity index (χ4n) is 6.13. The summed E-state index contributed by atoms with van der Waals surface area (Å²) in [6, 6.07) is 18.6. The first-order chi connectivity index (χ1) is 21.2. The number of methoxy groups -OCH3 is 1. The predicted molar refractivity (Wildman–Crippen MR) is 159 cm³/mol. The number of hydrogen-bond acceptors (Lipinski definition) is 10. The van der Waals surface area contributed by atoms with Gasteiger partial charge in [-0.05, 0) is 60.5 Å². The number of esters is 3. The molecule has 224 valence electrons. The molecule has 1 saturated heterocycles. The Bertz CT molecular complexity index is 1710. The molecule has 2 heterocycles. The molecule has 0 spiro atoms. The SMILES string of the molecule is CCOC(=O)[C@]1(C#N)[C@H](c2ccc(OC(C)=O)c(OC)c2)[C@@H](C(=O)c2ccc(OC(C)=O)cc2)N2c3ccccc3C=C[C@@H]21. The second-order valence-corrected chi connectivity index (χ2v) is 10.4. The molecule has 4 atom stereocenters. The second kappa shape index (κ2) is 12.1. The average molecular weight is 595 g/mol. The number of ether oxygens (including phenoxy) is 4. The largest absolute Gasteiger partial charge is 0.493 e. The second-order valence-electron chi connectivity index (χ2n) is 10.4. The van der Waals surface area contributed by atoms with Gasteiger partial charge < -0.3 is 23.8 Å². The Morgan fingerprint density at radius 1 is 0.932 bits per heavy atom. The summed E-state index contributed by atoms with van der Waals surface area (Å²) in [7, 11) is 1.40. The Morgan fingerprint density at radius 3 is 2.27 bits per heavy atom. The average Bonchev–Trinajstić information content (AvgIpc) is 3.32. The van der Waals surface area contributed by atoms with E-state index in [0.717, 1.165) is 5.56 Å². The fourth-order valence-corrected chi connectivity index (χ4v) is 6.13. The Kier molecular flexibility index (Phi) is 8.23. The molecule has 0 N–H and O–H groups in total. The normalized spacial score (nSPS) is 21.3. The van der Waals surface area contributed by atoms with Crippen LogP contribution < -0.4 is 19.1 Å². The van der Waals surface area contributed by atoms with Crippen LogP contribution in [0.1, 0.15) is 48.2 Å². The predicted octanol–water partition coefficient (Wildman–Crippen LogP) is 4.87. The van der Waals surface area contributed by atoms with Gasteiger partial charge in [0.15, 0.2) is 22.7 Å². The lowest BCUT2D eigenvalue weighted by Crippen LogP contribution is -2.47. The van der Waals surface area contributed by atoms with E-state index in [1.165, 1.54) is 39.2 Å². The van der Waals surface area contributed by atoms with E-state index in [4.69, 9.17) is 18.9 Å². The zero-order valence-electron chi connectivity index (χ0n) is 24.6. The van der Waals surface area contributed by atoms with Crippen LogP contribution in [-0.2, 0) is 19.1 Å². The van der Waals surface area contributed by atoms with Crippen molar-refractivity contribution in [1.29, 1.82) is 5.26 Å². The van der Waals surface area contributed by atoms with Gasteiger partial charge in [0, 0.05) is 31.0 Å². The van der Waals surface area contributed by atoms with Crippen molar-refractivity contribution in [2.24, 2.45) is 5.41 Å². The van der Waals surface area contributed by atoms with Crippen LogP contribution in [0.3, 0.4) is 0 Å². The highest BCUT2D eigenvalue weighted by Crippen LogP contribution is 2.57. The van der Waals surface area contributed by atoms with Crippen molar-refractivity contribution in [1.82, 2.24) is 0 Å². The molecule has 0 amide bonds.